The average molecular weight is 372 g/mol. The maximum atomic E-state index is 12.9. The Bertz CT molecular complexity index is 709. The van der Waals surface area contributed by atoms with Gasteiger partial charge < -0.3 is 19.1 Å². The summed E-state index contributed by atoms with van der Waals surface area (Å²) in [7, 11) is 1.22. The quantitative estimate of drug-likeness (QED) is 0.761. The molecule has 9 heteroatoms. The van der Waals surface area contributed by atoms with Gasteiger partial charge in [-0.25, -0.2) is 12.7 Å². The molecule has 0 unspecified atom stereocenters. The highest BCUT2D eigenvalue weighted by molar-refractivity contribution is 7.88. The van der Waals surface area contributed by atoms with E-state index in [0.29, 0.717) is 48.9 Å². The van der Waals surface area contributed by atoms with Gasteiger partial charge in [-0.1, -0.05) is 0 Å². The van der Waals surface area contributed by atoms with Gasteiger partial charge in [-0.2, -0.15) is 0 Å². The van der Waals surface area contributed by atoms with E-state index < -0.39 is 10.0 Å². The largest absolute Gasteiger partial charge is 0.493 e. The van der Waals surface area contributed by atoms with Crippen LogP contribution in [0.25, 0.3) is 0 Å². The number of sulfonamides is 1. The first kappa shape index (κ1) is 19.3. The number of carbonyl (C=O) groups excluding carboxylic acids is 1. The standard InChI is InChI=1S/C16H24N2O6S/c1-22-13-10-12(11-14(23-2)15(13)24-3)16(19)17-6-5-7-18(9-8-17)25(4,20)21/h10-11H,5-9H2,1-4H3. The minimum Gasteiger partial charge on any atom is -0.493 e. The molecule has 2 rings (SSSR count). The number of hydrogen-bond acceptors (Lipinski definition) is 6. The summed E-state index contributed by atoms with van der Waals surface area (Å²) in [5.74, 6) is 1.02. The first-order valence-corrected chi connectivity index (χ1v) is 9.71. The normalized spacial score (nSPS) is 16.2. The van der Waals surface area contributed by atoms with Gasteiger partial charge in [0.15, 0.2) is 11.5 Å². The topological polar surface area (TPSA) is 85.4 Å². The molecule has 0 spiro atoms. The van der Waals surface area contributed by atoms with Crippen molar-refractivity contribution in [2.24, 2.45) is 0 Å². The molecule has 0 saturated carbocycles. The average Bonchev–Trinajstić information content (AvgIpc) is 2.85. The molecule has 1 heterocycles. The molecular formula is C16H24N2O6S. The molecule has 1 saturated heterocycles. The SMILES string of the molecule is COc1cc(C(=O)N2CCCN(S(C)(=O)=O)CC2)cc(OC)c1OC. The Hall–Kier alpha value is -2.00. The lowest BCUT2D eigenvalue weighted by Crippen LogP contribution is -2.37. The van der Waals surface area contributed by atoms with Crippen molar-refractivity contribution in [3.05, 3.63) is 17.7 Å². The Balaban J connectivity index is 2.25. The summed E-state index contributed by atoms with van der Waals surface area (Å²) in [6.45, 7) is 1.52. The molecule has 140 valence electrons. The second kappa shape index (κ2) is 7.92. The highest BCUT2D eigenvalue weighted by Gasteiger charge is 2.26. The summed E-state index contributed by atoms with van der Waals surface area (Å²) < 4.78 is 40.6. The van der Waals surface area contributed by atoms with E-state index >= 15 is 0 Å². The van der Waals surface area contributed by atoms with Crippen molar-refractivity contribution in [2.75, 3.05) is 53.8 Å². The molecule has 0 aromatic heterocycles. The van der Waals surface area contributed by atoms with E-state index in [9.17, 15) is 13.2 Å². The van der Waals surface area contributed by atoms with Gasteiger partial charge in [0.05, 0.1) is 27.6 Å². The van der Waals surface area contributed by atoms with Crippen LogP contribution in [0.4, 0.5) is 0 Å². The zero-order valence-corrected chi connectivity index (χ0v) is 15.8. The van der Waals surface area contributed by atoms with Gasteiger partial charge >= 0.3 is 0 Å². The lowest BCUT2D eigenvalue weighted by atomic mass is 10.1. The maximum Gasteiger partial charge on any atom is 0.254 e. The monoisotopic (exact) mass is 372 g/mol. The van der Waals surface area contributed by atoms with Gasteiger partial charge in [-0.05, 0) is 18.6 Å². The van der Waals surface area contributed by atoms with Crippen LogP contribution in [0, 0.1) is 0 Å². The fourth-order valence-electron chi connectivity index (χ4n) is 2.82. The molecule has 0 atom stereocenters. The zero-order chi connectivity index (χ0) is 18.6. The van der Waals surface area contributed by atoms with Gasteiger partial charge in [-0.15, -0.1) is 0 Å². The number of hydrogen-bond donors (Lipinski definition) is 0. The summed E-state index contributed by atoms with van der Waals surface area (Å²) in [4.78, 5) is 14.5. The molecule has 0 bridgehead atoms. The van der Waals surface area contributed by atoms with Crippen LogP contribution < -0.4 is 14.2 Å². The van der Waals surface area contributed by atoms with Crippen molar-refractivity contribution in [2.45, 2.75) is 6.42 Å². The Morgan fingerprint density at radius 2 is 1.56 bits per heavy atom. The van der Waals surface area contributed by atoms with E-state index in [4.69, 9.17) is 14.2 Å². The molecule has 1 fully saturated rings. The molecule has 1 amide bonds. The molecular weight excluding hydrogens is 348 g/mol. The van der Waals surface area contributed by atoms with Gasteiger partial charge in [0.25, 0.3) is 5.91 Å². The molecule has 0 N–H and O–H groups in total. The van der Waals surface area contributed by atoms with E-state index in [1.54, 1.807) is 17.0 Å². The van der Waals surface area contributed by atoms with Gasteiger partial charge in [0.2, 0.25) is 15.8 Å². The summed E-state index contributed by atoms with van der Waals surface area (Å²) in [5.41, 5.74) is 0.405. The van der Waals surface area contributed by atoms with Crippen LogP contribution in [0.2, 0.25) is 0 Å². The Morgan fingerprint density at radius 1 is 0.960 bits per heavy atom. The molecule has 0 aliphatic carbocycles. The Labute approximate surface area is 148 Å². The highest BCUT2D eigenvalue weighted by atomic mass is 32.2. The molecule has 1 aliphatic rings. The third-order valence-corrected chi connectivity index (χ3v) is 5.43. The predicted molar refractivity (Wildman–Crippen MR) is 93.0 cm³/mol. The summed E-state index contributed by atoms with van der Waals surface area (Å²) in [6.07, 6.45) is 1.77. The summed E-state index contributed by atoms with van der Waals surface area (Å²) in [6, 6.07) is 3.20. The van der Waals surface area contributed by atoms with Crippen LogP contribution in [-0.2, 0) is 10.0 Å². The number of amides is 1. The second-order valence-electron chi connectivity index (χ2n) is 5.72. The number of methoxy groups -OCH3 is 3. The number of nitrogens with zero attached hydrogens (tertiary/aromatic N) is 2. The second-order valence-corrected chi connectivity index (χ2v) is 7.70. The van der Waals surface area contributed by atoms with Crippen LogP contribution >= 0.6 is 0 Å². The lowest BCUT2D eigenvalue weighted by Gasteiger charge is -2.22. The van der Waals surface area contributed by atoms with Crippen LogP contribution in [0.3, 0.4) is 0 Å². The van der Waals surface area contributed by atoms with Crippen molar-refractivity contribution in [3.63, 3.8) is 0 Å². The van der Waals surface area contributed by atoms with Gasteiger partial charge in [0.1, 0.15) is 0 Å². The van der Waals surface area contributed by atoms with Gasteiger partial charge in [-0.3, -0.25) is 4.79 Å². The lowest BCUT2D eigenvalue weighted by molar-refractivity contribution is 0.0763. The minimum atomic E-state index is -3.25. The van der Waals surface area contributed by atoms with Crippen LogP contribution in [0.15, 0.2) is 12.1 Å². The van der Waals surface area contributed by atoms with Crippen molar-refractivity contribution >= 4 is 15.9 Å². The zero-order valence-electron chi connectivity index (χ0n) is 14.9. The fourth-order valence-corrected chi connectivity index (χ4v) is 3.69. The number of rotatable bonds is 5. The molecule has 0 radical (unpaired) electrons. The Morgan fingerprint density at radius 3 is 2.04 bits per heavy atom. The van der Waals surface area contributed by atoms with E-state index in [1.165, 1.54) is 31.9 Å². The fraction of sp³-hybridized carbons (Fsp3) is 0.562. The number of ether oxygens (including phenoxy) is 3. The molecule has 1 aromatic carbocycles. The third kappa shape index (κ3) is 4.35. The summed E-state index contributed by atoms with van der Waals surface area (Å²) >= 11 is 0. The first-order valence-electron chi connectivity index (χ1n) is 7.86. The summed E-state index contributed by atoms with van der Waals surface area (Å²) in [5, 5.41) is 0. The van der Waals surface area contributed by atoms with Crippen molar-refractivity contribution in [3.8, 4) is 17.2 Å². The van der Waals surface area contributed by atoms with Crippen molar-refractivity contribution in [1.29, 1.82) is 0 Å². The highest BCUT2D eigenvalue weighted by Crippen LogP contribution is 2.38. The predicted octanol–water partition coefficient (Wildman–Crippen LogP) is 0.820. The number of carbonyl (C=O) groups is 1. The minimum absolute atomic E-state index is 0.199. The van der Waals surface area contributed by atoms with E-state index in [-0.39, 0.29) is 12.5 Å². The van der Waals surface area contributed by atoms with E-state index in [0.717, 1.165) is 0 Å². The van der Waals surface area contributed by atoms with Crippen LogP contribution in [-0.4, -0.2) is 77.3 Å². The molecule has 1 aliphatic heterocycles. The van der Waals surface area contributed by atoms with Gasteiger partial charge in [0, 0.05) is 31.7 Å². The smallest absolute Gasteiger partial charge is 0.254 e. The van der Waals surface area contributed by atoms with Crippen LogP contribution in [0.5, 0.6) is 17.2 Å². The molecule has 8 nitrogen and oxygen atoms in total. The van der Waals surface area contributed by atoms with Crippen LogP contribution in [0.1, 0.15) is 16.8 Å². The van der Waals surface area contributed by atoms with Crippen molar-refractivity contribution in [1.82, 2.24) is 9.21 Å². The third-order valence-electron chi connectivity index (χ3n) is 4.12. The first-order chi connectivity index (χ1) is 11.8. The Kier molecular flexibility index (Phi) is 6.12. The molecule has 25 heavy (non-hydrogen) atoms. The van der Waals surface area contributed by atoms with E-state index in [1.807, 2.05) is 0 Å². The van der Waals surface area contributed by atoms with Crippen molar-refractivity contribution < 1.29 is 27.4 Å². The molecule has 1 aromatic rings. The maximum absolute atomic E-state index is 12.9. The number of benzene rings is 1. The van der Waals surface area contributed by atoms with E-state index in [2.05, 4.69) is 0 Å².